The van der Waals surface area contributed by atoms with Crippen molar-refractivity contribution in [3.8, 4) is 0 Å². The van der Waals surface area contributed by atoms with E-state index < -0.39 is 12.0 Å². The van der Waals surface area contributed by atoms with Gasteiger partial charge in [-0.15, -0.1) is 23.1 Å². The lowest BCUT2D eigenvalue weighted by Gasteiger charge is -2.49. The second-order valence-electron chi connectivity index (χ2n) is 6.21. The molecule has 6 nitrogen and oxygen atoms in total. The second kappa shape index (κ2) is 7.21. The fourth-order valence-corrected chi connectivity index (χ4v) is 5.35. The number of amides is 2. The Bertz CT molecular complexity index is 924. The monoisotopic (exact) mass is 400 g/mol. The standard InChI is InChI=1S/C19H16N2O4S2/c22-14(9-12-7-4-8-26-12)20-15-17(23)21-16(19(24)25)13(10-27-18(15)21)11-5-2-1-3-6-11/h1-8,15,18H,9-10H2,(H,20,22)(H,24,25)/t15-,18+/m1/s1. The first-order valence-electron chi connectivity index (χ1n) is 8.34. The first kappa shape index (κ1) is 17.8. The number of carboxylic acid groups (broad SMARTS) is 1. The van der Waals surface area contributed by atoms with Crippen LogP contribution in [0, 0.1) is 0 Å². The molecule has 2 aromatic rings. The summed E-state index contributed by atoms with van der Waals surface area (Å²) in [6.45, 7) is 0. The highest BCUT2D eigenvalue weighted by atomic mass is 32.2. The molecule has 1 fully saturated rings. The number of hydrogen-bond donors (Lipinski definition) is 2. The van der Waals surface area contributed by atoms with Crippen LogP contribution in [0.3, 0.4) is 0 Å². The summed E-state index contributed by atoms with van der Waals surface area (Å²) in [7, 11) is 0. The van der Waals surface area contributed by atoms with E-state index in [0.717, 1.165) is 10.4 Å². The summed E-state index contributed by atoms with van der Waals surface area (Å²) in [5.41, 5.74) is 1.43. The molecule has 1 saturated heterocycles. The Labute approximate surface area is 163 Å². The predicted molar refractivity (Wildman–Crippen MR) is 104 cm³/mol. The zero-order valence-electron chi connectivity index (χ0n) is 14.1. The van der Waals surface area contributed by atoms with E-state index in [-0.39, 0.29) is 29.3 Å². The van der Waals surface area contributed by atoms with E-state index in [0.29, 0.717) is 11.3 Å². The van der Waals surface area contributed by atoms with Crippen LogP contribution in [0.2, 0.25) is 0 Å². The Hall–Kier alpha value is -2.58. The molecule has 8 heteroatoms. The molecule has 0 unspecified atom stereocenters. The molecule has 4 rings (SSSR count). The normalized spacial score (nSPS) is 21.5. The first-order chi connectivity index (χ1) is 13.1. The van der Waals surface area contributed by atoms with Crippen LogP contribution in [-0.4, -0.2) is 45.0 Å². The third-order valence-electron chi connectivity index (χ3n) is 4.52. The Kier molecular flexibility index (Phi) is 4.75. The summed E-state index contributed by atoms with van der Waals surface area (Å²) < 4.78 is 0. The van der Waals surface area contributed by atoms with E-state index in [1.807, 2.05) is 47.8 Å². The highest BCUT2D eigenvalue weighted by Gasteiger charge is 2.54. The number of nitrogens with zero attached hydrogens (tertiary/aromatic N) is 1. The van der Waals surface area contributed by atoms with Gasteiger partial charge in [0.1, 0.15) is 17.1 Å². The summed E-state index contributed by atoms with van der Waals surface area (Å²) in [5, 5.41) is 14.0. The SMILES string of the molecule is O=C(Cc1cccs1)N[C@@H]1C(=O)N2C(C(=O)O)=C(c3ccccc3)CS[C@@H]12. The molecule has 1 aromatic carbocycles. The first-order valence-corrected chi connectivity index (χ1v) is 10.3. The minimum Gasteiger partial charge on any atom is -0.477 e. The smallest absolute Gasteiger partial charge is 0.352 e. The number of rotatable bonds is 5. The van der Waals surface area contributed by atoms with Gasteiger partial charge >= 0.3 is 5.97 Å². The van der Waals surface area contributed by atoms with Crippen molar-refractivity contribution in [3.05, 3.63) is 64.0 Å². The molecule has 27 heavy (non-hydrogen) atoms. The van der Waals surface area contributed by atoms with Crippen molar-refractivity contribution in [2.24, 2.45) is 0 Å². The average Bonchev–Trinajstić information content (AvgIpc) is 3.18. The van der Waals surface area contributed by atoms with Gasteiger partial charge in [-0.1, -0.05) is 36.4 Å². The number of β-lactam (4-membered cyclic amide) rings is 1. The number of nitrogens with one attached hydrogen (secondary N) is 1. The van der Waals surface area contributed by atoms with Crippen molar-refractivity contribution in [2.45, 2.75) is 17.8 Å². The van der Waals surface area contributed by atoms with Crippen LogP contribution in [-0.2, 0) is 20.8 Å². The molecule has 0 aliphatic carbocycles. The molecular formula is C19H16N2O4S2. The Morgan fingerprint density at radius 3 is 2.63 bits per heavy atom. The molecule has 2 atom stereocenters. The van der Waals surface area contributed by atoms with Gasteiger partial charge in [-0.25, -0.2) is 4.79 Å². The lowest BCUT2D eigenvalue weighted by atomic mass is 9.99. The number of carbonyl (C=O) groups is 3. The van der Waals surface area contributed by atoms with Gasteiger partial charge < -0.3 is 10.4 Å². The number of thiophene rings is 1. The van der Waals surface area contributed by atoms with Crippen LogP contribution in [0.15, 0.2) is 53.5 Å². The van der Waals surface area contributed by atoms with E-state index in [9.17, 15) is 19.5 Å². The van der Waals surface area contributed by atoms with Gasteiger partial charge in [-0.05, 0) is 17.0 Å². The predicted octanol–water partition coefficient (Wildman–Crippen LogP) is 2.19. The zero-order valence-corrected chi connectivity index (χ0v) is 15.8. The maximum absolute atomic E-state index is 12.6. The summed E-state index contributed by atoms with van der Waals surface area (Å²) in [6, 6.07) is 12.3. The summed E-state index contributed by atoms with van der Waals surface area (Å²) in [6.07, 6.45) is 0.218. The van der Waals surface area contributed by atoms with Gasteiger partial charge in [0.15, 0.2) is 0 Å². The number of aliphatic carboxylic acids is 1. The molecule has 0 bridgehead atoms. The minimum atomic E-state index is -1.13. The number of fused-ring (bicyclic) bond motifs is 1. The molecule has 2 N–H and O–H groups in total. The Morgan fingerprint density at radius 1 is 1.19 bits per heavy atom. The number of thioether (sulfide) groups is 1. The maximum atomic E-state index is 12.6. The van der Waals surface area contributed by atoms with Crippen molar-refractivity contribution in [3.63, 3.8) is 0 Å². The van der Waals surface area contributed by atoms with Crippen molar-refractivity contribution < 1.29 is 19.5 Å². The number of carboxylic acids is 1. The van der Waals surface area contributed by atoms with Crippen LogP contribution in [0.25, 0.3) is 5.57 Å². The van der Waals surface area contributed by atoms with Crippen molar-refractivity contribution in [1.29, 1.82) is 0 Å². The Morgan fingerprint density at radius 2 is 1.96 bits per heavy atom. The van der Waals surface area contributed by atoms with Crippen LogP contribution in [0.4, 0.5) is 0 Å². The number of hydrogen-bond acceptors (Lipinski definition) is 5. The summed E-state index contributed by atoms with van der Waals surface area (Å²) >= 11 is 2.95. The fraction of sp³-hybridized carbons (Fsp3) is 0.211. The second-order valence-corrected chi connectivity index (χ2v) is 8.35. The van der Waals surface area contributed by atoms with E-state index >= 15 is 0 Å². The van der Waals surface area contributed by atoms with Crippen LogP contribution < -0.4 is 5.32 Å². The van der Waals surface area contributed by atoms with Crippen LogP contribution in [0.1, 0.15) is 10.4 Å². The third-order valence-corrected chi connectivity index (χ3v) is 6.68. The lowest BCUT2D eigenvalue weighted by molar-refractivity contribution is -0.150. The molecule has 0 radical (unpaired) electrons. The van der Waals surface area contributed by atoms with Gasteiger partial charge in [0.05, 0.1) is 6.42 Å². The highest BCUT2D eigenvalue weighted by molar-refractivity contribution is 8.00. The van der Waals surface area contributed by atoms with Gasteiger partial charge in [0.25, 0.3) is 5.91 Å². The zero-order chi connectivity index (χ0) is 19.0. The van der Waals surface area contributed by atoms with Crippen LogP contribution in [0.5, 0.6) is 0 Å². The quantitative estimate of drug-likeness (QED) is 0.752. The van der Waals surface area contributed by atoms with Gasteiger partial charge in [-0.3, -0.25) is 14.5 Å². The molecule has 1 aromatic heterocycles. The van der Waals surface area contributed by atoms with E-state index in [1.165, 1.54) is 28.0 Å². The number of benzene rings is 1. The van der Waals surface area contributed by atoms with Crippen LogP contribution >= 0.6 is 23.1 Å². The molecule has 2 aliphatic heterocycles. The molecular weight excluding hydrogens is 384 g/mol. The third kappa shape index (κ3) is 3.26. The molecule has 2 amide bonds. The topological polar surface area (TPSA) is 86.7 Å². The lowest BCUT2D eigenvalue weighted by Crippen LogP contribution is -2.70. The van der Waals surface area contributed by atoms with E-state index in [2.05, 4.69) is 5.32 Å². The van der Waals surface area contributed by atoms with Gasteiger partial charge in [0.2, 0.25) is 5.91 Å². The van der Waals surface area contributed by atoms with E-state index in [1.54, 1.807) is 0 Å². The van der Waals surface area contributed by atoms with E-state index in [4.69, 9.17) is 0 Å². The van der Waals surface area contributed by atoms with Crippen molar-refractivity contribution in [1.82, 2.24) is 10.2 Å². The fourth-order valence-electron chi connectivity index (χ4n) is 3.28. The van der Waals surface area contributed by atoms with Gasteiger partial charge in [0, 0.05) is 16.2 Å². The Balaban J connectivity index is 1.54. The van der Waals surface area contributed by atoms with Gasteiger partial charge in [-0.2, -0.15) is 0 Å². The molecule has 3 heterocycles. The van der Waals surface area contributed by atoms with Crippen molar-refractivity contribution in [2.75, 3.05) is 5.75 Å². The summed E-state index contributed by atoms with van der Waals surface area (Å²) in [5.74, 6) is -1.27. The molecule has 138 valence electrons. The molecule has 2 aliphatic rings. The molecule has 0 spiro atoms. The average molecular weight is 400 g/mol. The van der Waals surface area contributed by atoms with Crippen molar-refractivity contribution >= 4 is 46.5 Å². The summed E-state index contributed by atoms with van der Waals surface area (Å²) in [4.78, 5) is 38.9. The highest BCUT2D eigenvalue weighted by Crippen LogP contribution is 2.43. The largest absolute Gasteiger partial charge is 0.477 e. The minimum absolute atomic E-state index is 0.0127. The molecule has 0 saturated carbocycles. The number of carbonyl (C=O) groups excluding carboxylic acids is 2. The maximum Gasteiger partial charge on any atom is 0.352 e.